The van der Waals surface area contributed by atoms with E-state index in [0.717, 1.165) is 5.57 Å². The molecule has 2 aliphatic heterocycles. The number of rotatable bonds is 5. The summed E-state index contributed by atoms with van der Waals surface area (Å²) < 4.78 is 24.2. The average Bonchev–Trinajstić information content (AvgIpc) is 3.40. The summed E-state index contributed by atoms with van der Waals surface area (Å²) in [4.78, 5) is 40.0. The molecule has 10 atom stereocenters. The highest BCUT2D eigenvalue weighted by molar-refractivity contribution is 5.89. The summed E-state index contributed by atoms with van der Waals surface area (Å²) in [5.74, 6) is -2.12. The lowest BCUT2D eigenvalue weighted by Crippen LogP contribution is -2.74. The fourth-order valence-electron chi connectivity index (χ4n) is 7.72. The van der Waals surface area contributed by atoms with E-state index in [2.05, 4.69) is 6.58 Å². The molecule has 4 rings (SSSR count). The number of esters is 2. The summed E-state index contributed by atoms with van der Waals surface area (Å²) in [6, 6.07) is 0. The molecule has 4 aliphatic rings. The number of carbonyl (C=O) groups is 3. The minimum absolute atomic E-state index is 0.127. The second kappa shape index (κ2) is 9.00. The Labute approximate surface area is 226 Å². The van der Waals surface area contributed by atoms with Crippen molar-refractivity contribution in [3.8, 4) is 0 Å². The van der Waals surface area contributed by atoms with Crippen molar-refractivity contribution in [2.24, 2.45) is 22.7 Å². The Balaban J connectivity index is 1.80. The van der Waals surface area contributed by atoms with Gasteiger partial charge in [0.25, 0.3) is 0 Å². The number of epoxide rings is 1. The number of aliphatic hydroxyl groups is 1. The molecule has 4 fully saturated rings. The number of aliphatic hydroxyl groups excluding tert-OH is 1. The van der Waals surface area contributed by atoms with Gasteiger partial charge in [0.2, 0.25) is 0 Å². The zero-order valence-corrected chi connectivity index (χ0v) is 24.3. The van der Waals surface area contributed by atoms with E-state index < -0.39 is 63.8 Å². The standard InChI is InChI=1S/C30H44O8/c1-11-27(7)15-18(31)24-28(8)19(13-20(32)30(24,10)38-27)26(5,6)21(36-25(34)29(9)17(4)37-29)14-22(28)35-23(33)12-16(2)3/h11-12,17-19,21-22,24,31H,1,13-15H2,2-10H3/t17-,18+,19+,21-,22+,24-,27+,28-,29-,30-/m0/s1. The zero-order valence-electron chi connectivity index (χ0n) is 24.3. The maximum Gasteiger partial charge on any atom is 0.341 e. The van der Waals surface area contributed by atoms with Crippen LogP contribution in [0.4, 0.5) is 0 Å². The number of hydrogen-bond donors (Lipinski definition) is 1. The second-order valence-electron chi connectivity index (χ2n) is 13.5. The Kier molecular flexibility index (Phi) is 6.86. The molecule has 8 heteroatoms. The highest BCUT2D eigenvalue weighted by Crippen LogP contribution is 2.66. The minimum atomic E-state index is -1.31. The van der Waals surface area contributed by atoms with E-state index in [4.69, 9.17) is 18.9 Å². The van der Waals surface area contributed by atoms with Crippen LogP contribution in [0.2, 0.25) is 0 Å². The summed E-state index contributed by atoms with van der Waals surface area (Å²) in [6.07, 6.45) is 1.14. The van der Waals surface area contributed by atoms with Crippen LogP contribution in [-0.2, 0) is 33.3 Å². The highest BCUT2D eigenvalue weighted by atomic mass is 16.7. The van der Waals surface area contributed by atoms with E-state index in [1.807, 2.05) is 48.5 Å². The Morgan fingerprint density at radius 3 is 2.21 bits per heavy atom. The van der Waals surface area contributed by atoms with Crippen LogP contribution in [0.1, 0.15) is 81.6 Å². The quantitative estimate of drug-likeness (QED) is 0.244. The first-order chi connectivity index (χ1) is 17.3. The minimum Gasteiger partial charge on any atom is -0.459 e. The van der Waals surface area contributed by atoms with Crippen molar-refractivity contribution in [1.82, 2.24) is 0 Å². The lowest BCUT2D eigenvalue weighted by atomic mass is 9.42. The van der Waals surface area contributed by atoms with Crippen LogP contribution in [0.15, 0.2) is 24.3 Å². The van der Waals surface area contributed by atoms with Crippen molar-refractivity contribution < 1.29 is 38.4 Å². The van der Waals surface area contributed by atoms with Crippen molar-refractivity contribution in [1.29, 1.82) is 0 Å². The molecule has 0 bridgehead atoms. The number of fused-ring (bicyclic) bond motifs is 3. The van der Waals surface area contributed by atoms with Gasteiger partial charge in [-0.05, 0) is 47.5 Å². The Morgan fingerprint density at radius 1 is 1.08 bits per heavy atom. The van der Waals surface area contributed by atoms with Crippen LogP contribution in [0.3, 0.4) is 0 Å². The van der Waals surface area contributed by atoms with Crippen molar-refractivity contribution in [3.05, 3.63) is 24.3 Å². The molecule has 2 heterocycles. The Bertz CT molecular complexity index is 1070. The maximum absolute atomic E-state index is 13.9. The summed E-state index contributed by atoms with van der Waals surface area (Å²) >= 11 is 0. The zero-order chi connectivity index (χ0) is 28.6. The third kappa shape index (κ3) is 4.27. The van der Waals surface area contributed by atoms with Crippen LogP contribution in [0.25, 0.3) is 0 Å². The first-order valence-corrected chi connectivity index (χ1v) is 13.6. The van der Waals surface area contributed by atoms with Gasteiger partial charge in [-0.1, -0.05) is 32.4 Å². The predicted octanol–water partition coefficient (Wildman–Crippen LogP) is 4.08. The molecule has 0 spiro atoms. The smallest absolute Gasteiger partial charge is 0.341 e. The number of allylic oxidation sites excluding steroid dienone is 1. The fourth-order valence-corrected chi connectivity index (χ4v) is 7.72. The molecule has 0 radical (unpaired) electrons. The molecule has 0 aromatic heterocycles. The van der Waals surface area contributed by atoms with Gasteiger partial charge in [-0.3, -0.25) is 4.79 Å². The largest absolute Gasteiger partial charge is 0.459 e. The van der Waals surface area contributed by atoms with Crippen molar-refractivity contribution in [2.45, 2.75) is 123 Å². The van der Waals surface area contributed by atoms with Gasteiger partial charge in [-0.2, -0.15) is 0 Å². The summed E-state index contributed by atoms with van der Waals surface area (Å²) in [6.45, 7) is 20.5. The summed E-state index contributed by atoms with van der Waals surface area (Å²) in [7, 11) is 0. The lowest BCUT2D eigenvalue weighted by molar-refractivity contribution is -0.295. The van der Waals surface area contributed by atoms with Crippen LogP contribution in [0.5, 0.6) is 0 Å². The highest BCUT2D eigenvalue weighted by Gasteiger charge is 2.73. The SMILES string of the molecule is C=C[C@]1(C)C[C@@H](O)[C@H]2[C@@]3(C)[C@H](CC(=O)[C@]2(C)O1)C(C)(C)[C@@H](OC(=O)[C@@]1(C)O[C@H]1C)C[C@H]3OC(=O)C=C(C)C. The molecule has 8 nitrogen and oxygen atoms in total. The molecule has 0 amide bonds. The van der Waals surface area contributed by atoms with Gasteiger partial charge in [-0.25, -0.2) is 9.59 Å². The monoisotopic (exact) mass is 532 g/mol. The maximum atomic E-state index is 13.9. The topological polar surface area (TPSA) is 112 Å². The van der Waals surface area contributed by atoms with Crippen molar-refractivity contribution in [3.63, 3.8) is 0 Å². The van der Waals surface area contributed by atoms with Crippen LogP contribution < -0.4 is 0 Å². The Hall–Kier alpha value is -2.03. The molecule has 0 aromatic carbocycles. The number of ether oxygens (including phenoxy) is 4. The van der Waals surface area contributed by atoms with Gasteiger partial charge in [0.15, 0.2) is 11.4 Å². The molecule has 2 saturated carbocycles. The van der Waals surface area contributed by atoms with Crippen LogP contribution in [-0.4, -0.2) is 64.0 Å². The van der Waals surface area contributed by atoms with Gasteiger partial charge in [0, 0.05) is 42.1 Å². The number of carbonyl (C=O) groups excluding carboxylic acids is 3. The van der Waals surface area contributed by atoms with E-state index in [1.54, 1.807) is 19.9 Å². The van der Waals surface area contributed by atoms with E-state index in [9.17, 15) is 19.5 Å². The molecular formula is C30H44O8. The molecule has 2 saturated heterocycles. The van der Waals surface area contributed by atoms with Gasteiger partial charge >= 0.3 is 11.9 Å². The molecule has 0 unspecified atom stereocenters. The number of ketones is 1. The number of hydrogen-bond acceptors (Lipinski definition) is 8. The van der Waals surface area contributed by atoms with Gasteiger partial charge in [0.1, 0.15) is 17.8 Å². The first kappa shape index (κ1) is 29.0. The third-order valence-corrected chi connectivity index (χ3v) is 10.1. The second-order valence-corrected chi connectivity index (χ2v) is 13.5. The third-order valence-electron chi connectivity index (χ3n) is 10.1. The van der Waals surface area contributed by atoms with Crippen LogP contribution in [0, 0.1) is 22.7 Å². The lowest BCUT2D eigenvalue weighted by Gasteiger charge is -2.67. The molecule has 2 aliphatic carbocycles. The van der Waals surface area contributed by atoms with Gasteiger partial charge < -0.3 is 24.1 Å². The first-order valence-electron chi connectivity index (χ1n) is 13.6. The van der Waals surface area contributed by atoms with Crippen molar-refractivity contribution in [2.75, 3.05) is 0 Å². The van der Waals surface area contributed by atoms with E-state index in [1.165, 1.54) is 6.08 Å². The fraction of sp³-hybridized carbons (Fsp3) is 0.767. The normalized spacial score (nSPS) is 47.2. The van der Waals surface area contributed by atoms with Gasteiger partial charge in [-0.15, -0.1) is 6.58 Å². The van der Waals surface area contributed by atoms with E-state index in [-0.39, 0.29) is 37.1 Å². The van der Waals surface area contributed by atoms with Gasteiger partial charge in [0.05, 0.1) is 17.8 Å². The summed E-state index contributed by atoms with van der Waals surface area (Å²) in [5, 5.41) is 11.6. The number of Topliss-reactive ketones (excluding diaryl/α,β-unsaturated/α-hetero) is 1. The molecule has 38 heavy (non-hydrogen) atoms. The Morgan fingerprint density at radius 2 is 1.68 bits per heavy atom. The van der Waals surface area contributed by atoms with E-state index in [0.29, 0.717) is 0 Å². The van der Waals surface area contributed by atoms with E-state index >= 15 is 0 Å². The molecule has 0 aromatic rings. The molecular weight excluding hydrogens is 488 g/mol. The summed E-state index contributed by atoms with van der Waals surface area (Å²) in [5.41, 5.74) is -3.93. The molecule has 212 valence electrons. The predicted molar refractivity (Wildman–Crippen MR) is 140 cm³/mol. The van der Waals surface area contributed by atoms with Crippen molar-refractivity contribution >= 4 is 17.7 Å². The average molecular weight is 533 g/mol. The van der Waals surface area contributed by atoms with Crippen LogP contribution >= 0.6 is 0 Å². The molecule has 1 N–H and O–H groups in total.